The van der Waals surface area contributed by atoms with Gasteiger partial charge in [-0.15, -0.1) is 0 Å². The minimum atomic E-state index is -2.27. The van der Waals surface area contributed by atoms with Gasteiger partial charge in [0, 0.05) is 0 Å². The molecule has 0 unspecified atom stereocenters. The van der Waals surface area contributed by atoms with E-state index in [0.717, 1.165) is 5.75 Å². The SMILES string of the molecule is CN(C)[Si](Oc1ccccc1)(N(C)C)N(C)C. The molecule has 5 heteroatoms. The largest absolute Gasteiger partial charge is 0.510 e. The van der Waals surface area contributed by atoms with Crippen LogP contribution in [0.3, 0.4) is 0 Å². The fourth-order valence-corrected chi connectivity index (χ4v) is 5.52. The van der Waals surface area contributed by atoms with E-state index in [0.29, 0.717) is 0 Å². The molecule has 0 fully saturated rings. The molecular formula is C12H23N3OSi. The first-order valence-corrected chi connectivity index (χ1v) is 7.42. The van der Waals surface area contributed by atoms with Crippen LogP contribution < -0.4 is 4.43 Å². The molecule has 0 saturated carbocycles. The molecule has 1 rings (SSSR count). The van der Waals surface area contributed by atoms with Gasteiger partial charge in [0.15, 0.2) is 0 Å². The van der Waals surface area contributed by atoms with Gasteiger partial charge in [-0.2, -0.15) is 0 Å². The number of nitrogens with zero attached hydrogens (tertiary/aromatic N) is 3. The van der Waals surface area contributed by atoms with E-state index in [2.05, 4.69) is 56.0 Å². The molecule has 4 nitrogen and oxygen atoms in total. The average Bonchev–Trinajstić information content (AvgIpc) is 2.25. The van der Waals surface area contributed by atoms with Crippen molar-refractivity contribution < 1.29 is 4.43 Å². The molecule has 0 atom stereocenters. The van der Waals surface area contributed by atoms with Crippen molar-refractivity contribution in [1.82, 2.24) is 13.7 Å². The summed E-state index contributed by atoms with van der Waals surface area (Å²) in [6, 6.07) is 9.98. The summed E-state index contributed by atoms with van der Waals surface area (Å²) in [5.41, 5.74) is 0. The lowest BCUT2D eigenvalue weighted by Crippen LogP contribution is -2.73. The van der Waals surface area contributed by atoms with Crippen LogP contribution in [0.5, 0.6) is 5.75 Å². The van der Waals surface area contributed by atoms with E-state index in [1.807, 2.05) is 30.3 Å². The monoisotopic (exact) mass is 253 g/mol. The highest BCUT2D eigenvalue weighted by molar-refractivity contribution is 6.65. The van der Waals surface area contributed by atoms with Crippen molar-refractivity contribution in [2.45, 2.75) is 0 Å². The van der Waals surface area contributed by atoms with Crippen LogP contribution in [-0.2, 0) is 0 Å². The van der Waals surface area contributed by atoms with Crippen molar-refractivity contribution >= 4 is 8.80 Å². The Morgan fingerprint density at radius 1 is 0.765 bits per heavy atom. The normalized spacial score (nSPS) is 12.5. The highest BCUT2D eigenvalue weighted by atomic mass is 28.4. The molecule has 0 heterocycles. The number of hydrogen-bond acceptors (Lipinski definition) is 4. The van der Waals surface area contributed by atoms with Gasteiger partial charge in [-0.25, -0.2) is 0 Å². The molecule has 0 saturated heterocycles. The Morgan fingerprint density at radius 3 is 1.53 bits per heavy atom. The van der Waals surface area contributed by atoms with Crippen molar-refractivity contribution in [3.05, 3.63) is 30.3 Å². The summed E-state index contributed by atoms with van der Waals surface area (Å²) in [6.45, 7) is 0. The zero-order valence-electron chi connectivity index (χ0n) is 11.6. The standard InChI is InChI=1S/C12H23N3OSi/c1-13(2)17(14(3)4,15(5)6)16-12-10-8-7-9-11-12/h7-11H,1-6H3. The predicted molar refractivity (Wildman–Crippen MR) is 73.9 cm³/mol. The first-order chi connectivity index (χ1) is 7.91. The van der Waals surface area contributed by atoms with Crippen LogP contribution in [-0.4, -0.2) is 64.8 Å². The van der Waals surface area contributed by atoms with Crippen LogP contribution in [0.2, 0.25) is 0 Å². The Hall–Kier alpha value is -0.883. The predicted octanol–water partition coefficient (Wildman–Crippen LogP) is 1.19. The Labute approximate surface area is 106 Å². The first kappa shape index (κ1) is 14.2. The number of benzene rings is 1. The molecule has 1 aromatic rings. The molecule has 0 aliphatic heterocycles. The van der Waals surface area contributed by atoms with E-state index in [4.69, 9.17) is 4.43 Å². The van der Waals surface area contributed by atoms with E-state index in [9.17, 15) is 0 Å². The van der Waals surface area contributed by atoms with Gasteiger partial charge in [0.2, 0.25) is 0 Å². The van der Waals surface area contributed by atoms with Gasteiger partial charge in [-0.3, -0.25) is 13.7 Å². The van der Waals surface area contributed by atoms with Crippen LogP contribution in [0.1, 0.15) is 0 Å². The molecule has 0 bridgehead atoms. The first-order valence-electron chi connectivity index (χ1n) is 5.67. The van der Waals surface area contributed by atoms with Crippen molar-refractivity contribution in [2.75, 3.05) is 42.3 Å². The zero-order chi connectivity index (χ0) is 13.1. The van der Waals surface area contributed by atoms with Gasteiger partial charge in [-0.05, 0) is 54.4 Å². The second-order valence-electron chi connectivity index (χ2n) is 4.67. The number of hydrogen-bond donors (Lipinski definition) is 0. The van der Waals surface area contributed by atoms with Crippen molar-refractivity contribution in [2.24, 2.45) is 0 Å². The molecular weight excluding hydrogens is 230 g/mol. The van der Waals surface area contributed by atoms with E-state index in [-0.39, 0.29) is 0 Å². The van der Waals surface area contributed by atoms with Crippen LogP contribution in [0.15, 0.2) is 30.3 Å². The Balaban J connectivity index is 3.07. The van der Waals surface area contributed by atoms with E-state index in [1.165, 1.54) is 0 Å². The third-order valence-corrected chi connectivity index (χ3v) is 6.75. The summed E-state index contributed by atoms with van der Waals surface area (Å²) < 4.78 is 12.8. The highest BCUT2D eigenvalue weighted by Crippen LogP contribution is 2.19. The van der Waals surface area contributed by atoms with Crippen LogP contribution >= 0.6 is 0 Å². The van der Waals surface area contributed by atoms with Crippen LogP contribution in [0.4, 0.5) is 0 Å². The molecule has 0 aliphatic carbocycles. The summed E-state index contributed by atoms with van der Waals surface area (Å²) in [6.07, 6.45) is 0. The van der Waals surface area contributed by atoms with Gasteiger partial charge in [0.1, 0.15) is 5.75 Å². The molecule has 17 heavy (non-hydrogen) atoms. The Bertz CT molecular complexity index is 319. The minimum Gasteiger partial charge on any atom is -0.506 e. The molecule has 0 spiro atoms. The Morgan fingerprint density at radius 2 is 1.18 bits per heavy atom. The van der Waals surface area contributed by atoms with Gasteiger partial charge in [0.25, 0.3) is 0 Å². The lowest BCUT2D eigenvalue weighted by molar-refractivity contribution is 0.258. The fraction of sp³-hybridized carbons (Fsp3) is 0.500. The summed E-state index contributed by atoms with van der Waals surface area (Å²) >= 11 is 0. The lowest BCUT2D eigenvalue weighted by Gasteiger charge is -2.44. The summed E-state index contributed by atoms with van der Waals surface area (Å²) in [7, 11) is 10.1. The third-order valence-electron chi connectivity index (χ3n) is 2.75. The topological polar surface area (TPSA) is 19.0 Å². The summed E-state index contributed by atoms with van der Waals surface area (Å²) in [4.78, 5) is 0. The second-order valence-corrected chi connectivity index (χ2v) is 8.71. The van der Waals surface area contributed by atoms with Gasteiger partial charge in [-0.1, -0.05) is 18.2 Å². The smallest absolute Gasteiger partial charge is 0.506 e. The molecule has 0 aliphatic rings. The van der Waals surface area contributed by atoms with Gasteiger partial charge >= 0.3 is 8.80 Å². The van der Waals surface area contributed by atoms with Crippen molar-refractivity contribution in [3.8, 4) is 5.75 Å². The maximum Gasteiger partial charge on any atom is 0.510 e. The average molecular weight is 253 g/mol. The summed E-state index contributed by atoms with van der Waals surface area (Å²) in [5, 5.41) is 0. The Kier molecular flexibility index (Phi) is 4.70. The zero-order valence-corrected chi connectivity index (χ0v) is 12.6. The number of rotatable bonds is 5. The minimum absolute atomic E-state index is 0.912. The molecule has 0 radical (unpaired) electrons. The maximum absolute atomic E-state index is 6.30. The summed E-state index contributed by atoms with van der Waals surface area (Å²) in [5.74, 6) is 0.912. The molecule has 96 valence electrons. The second kappa shape index (κ2) is 5.64. The fourth-order valence-electron chi connectivity index (χ4n) is 2.12. The van der Waals surface area contributed by atoms with E-state index >= 15 is 0 Å². The lowest BCUT2D eigenvalue weighted by atomic mass is 10.3. The van der Waals surface area contributed by atoms with Gasteiger partial charge in [0.05, 0.1) is 0 Å². The molecule has 0 aromatic heterocycles. The van der Waals surface area contributed by atoms with Crippen LogP contribution in [0.25, 0.3) is 0 Å². The van der Waals surface area contributed by atoms with Crippen LogP contribution in [0, 0.1) is 0 Å². The molecule has 0 N–H and O–H groups in total. The highest BCUT2D eigenvalue weighted by Gasteiger charge is 2.48. The quantitative estimate of drug-likeness (QED) is 0.734. The molecule has 1 aromatic carbocycles. The van der Waals surface area contributed by atoms with Crippen molar-refractivity contribution in [3.63, 3.8) is 0 Å². The third kappa shape index (κ3) is 2.87. The maximum atomic E-state index is 6.30. The van der Waals surface area contributed by atoms with E-state index in [1.54, 1.807) is 0 Å². The molecule has 0 amide bonds. The number of para-hydroxylation sites is 1. The van der Waals surface area contributed by atoms with Crippen molar-refractivity contribution in [1.29, 1.82) is 0 Å². The van der Waals surface area contributed by atoms with E-state index < -0.39 is 8.80 Å². The van der Waals surface area contributed by atoms with Gasteiger partial charge < -0.3 is 4.43 Å².